The molecule has 1 rings (SSSR count). The average molecular weight is 287 g/mol. The predicted molar refractivity (Wildman–Crippen MR) is 74.9 cm³/mol. The molecule has 0 unspecified atom stereocenters. The average Bonchev–Trinajstić information content (AvgIpc) is 2.37. The van der Waals surface area contributed by atoms with Crippen LogP contribution in [0.5, 0.6) is 5.75 Å². The maximum absolute atomic E-state index is 13.8. The summed E-state index contributed by atoms with van der Waals surface area (Å²) in [6.45, 7) is 7.49. The van der Waals surface area contributed by atoms with Gasteiger partial charge in [0.2, 0.25) is 0 Å². The van der Waals surface area contributed by atoms with E-state index in [0.29, 0.717) is 18.7 Å². The molecule has 0 bridgehead atoms. The lowest BCUT2D eigenvalue weighted by atomic mass is 10.2. The molecule has 0 atom stereocenters. The van der Waals surface area contributed by atoms with Gasteiger partial charge in [-0.15, -0.1) is 0 Å². The Morgan fingerprint density at radius 2 is 1.80 bits per heavy atom. The fraction of sp³-hybridized carbons (Fsp3) is 0.600. The minimum Gasteiger partial charge on any atom is -0.485 e. The SMILES string of the molecule is CCCNCc1cc(F)c(OCCOC(C)C)c(F)c1. The lowest BCUT2D eigenvalue weighted by Gasteiger charge is -2.12. The molecular weight excluding hydrogens is 264 g/mol. The highest BCUT2D eigenvalue weighted by molar-refractivity contribution is 5.31. The van der Waals surface area contributed by atoms with Gasteiger partial charge in [0, 0.05) is 6.54 Å². The van der Waals surface area contributed by atoms with E-state index in [1.807, 2.05) is 20.8 Å². The first-order valence-corrected chi connectivity index (χ1v) is 6.97. The van der Waals surface area contributed by atoms with Crippen LogP contribution in [0.3, 0.4) is 0 Å². The monoisotopic (exact) mass is 287 g/mol. The summed E-state index contributed by atoms with van der Waals surface area (Å²) < 4.78 is 37.9. The van der Waals surface area contributed by atoms with Crippen LogP contribution in [-0.2, 0) is 11.3 Å². The summed E-state index contributed by atoms with van der Waals surface area (Å²) in [4.78, 5) is 0. The summed E-state index contributed by atoms with van der Waals surface area (Å²) in [5.74, 6) is -1.69. The van der Waals surface area contributed by atoms with Crippen molar-refractivity contribution in [2.75, 3.05) is 19.8 Å². The van der Waals surface area contributed by atoms with Crippen molar-refractivity contribution in [2.24, 2.45) is 0 Å². The van der Waals surface area contributed by atoms with Crippen LogP contribution in [0.1, 0.15) is 32.8 Å². The van der Waals surface area contributed by atoms with Gasteiger partial charge in [0.05, 0.1) is 12.7 Å². The highest BCUT2D eigenvalue weighted by Gasteiger charge is 2.12. The van der Waals surface area contributed by atoms with E-state index in [2.05, 4.69) is 5.32 Å². The Labute approximate surface area is 119 Å². The van der Waals surface area contributed by atoms with E-state index < -0.39 is 11.6 Å². The van der Waals surface area contributed by atoms with Crippen LogP contribution >= 0.6 is 0 Å². The van der Waals surface area contributed by atoms with Crippen LogP contribution in [0.15, 0.2) is 12.1 Å². The molecule has 1 N–H and O–H groups in total. The number of hydrogen-bond donors (Lipinski definition) is 1. The number of nitrogens with one attached hydrogen (secondary N) is 1. The van der Waals surface area contributed by atoms with Crippen molar-refractivity contribution >= 4 is 0 Å². The first-order chi connectivity index (χ1) is 9.54. The third-order valence-electron chi connectivity index (χ3n) is 2.59. The van der Waals surface area contributed by atoms with Crippen molar-refractivity contribution in [2.45, 2.75) is 39.8 Å². The second kappa shape index (κ2) is 8.87. The van der Waals surface area contributed by atoms with Gasteiger partial charge in [-0.05, 0) is 44.5 Å². The van der Waals surface area contributed by atoms with Crippen LogP contribution in [0.2, 0.25) is 0 Å². The van der Waals surface area contributed by atoms with Crippen molar-refractivity contribution in [1.29, 1.82) is 0 Å². The normalized spacial score (nSPS) is 11.1. The maximum atomic E-state index is 13.8. The molecule has 0 aliphatic rings. The summed E-state index contributed by atoms with van der Waals surface area (Å²) >= 11 is 0. The van der Waals surface area contributed by atoms with Gasteiger partial charge in [-0.1, -0.05) is 6.92 Å². The van der Waals surface area contributed by atoms with E-state index >= 15 is 0 Å². The Bertz CT molecular complexity index is 388. The van der Waals surface area contributed by atoms with Gasteiger partial charge in [-0.25, -0.2) is 8.78 Å². The van der Waals surface area contributed by atoms with E-state index in [1.165, 1.54) is 12.1 Å². The smallest absolute Gasteiger partial charge is 0.190 e. The number of halogens is 2. The van der Waals surface area contributed by atoms with Crippen LogP contribution < -0.4 is 10.1 Å². The number of benzene rings is 1. The van der Waals surface area contributed by atoms with Gasteiger partial charge >= 0.3 is 0 Å². The molecule has 0 radical (unpaired) electrons. The molecule has 0 spiro atoms. The maximum Gasteiger partial charge on any atom is 0.190 e. The minimum atomic E-state index is -0.678. The lowest BCUT2D eigenvalue weighted by Crippen LogP contribution is -2.15. The standard InChI is InChI=1S/C15H23F2NO2/c1-4-5-18-10-12-8-13(16)15(14(17)9-12)20-7-6-19-11(2)3/h8-9,11,18H,4-7,10H2,1-3H3. The second-order valence-electron chi connectivity index (χ2n) is 4.83. The molecule has 3 nitrogen and oxygen atoms in total. The Morgan fingerprint density at radius 3 is 2.35 bits per heavy atom. The molecule has 20 heavy (non-hydrogen) atoms. The zero-order valence-corrected chi connectivity index (χ0v) is 12.3. The first-order valence-electron chi connectivity index (χ1n) is 6.97. The predicted octanol–water partition coefficient (Wildman–Crippen LogP) is 3.27. The topological polar surface area (TPSA) is 30.5 Å². The van der Waals surface area contributed by atoms with Crippen LogP contribution in [-0.4, -0.2) is 25.9 Å². The van der Waals surface area contributed by atoms with Crippen molar-refractivity contribution in [1.82, 2.24) is 5.32 Å². The Morgan fingerprint density at radius 1 is 1.15 bits per heavy atom. The zero-order chi connectivity index (χ0) is 15.0. The molecule has 0 fully saturated rings. The molecule has 1 aromatic carbocycles. The highest BCUT2D eigenvalue weighted by atomic mass is 19.1. The first kappa shape index (κ1) is 16.9. The van der Waals surface area contributed by atoms with Crippen LogP contribution in [0.4, 0.5) is 8.78 Å². The van der Waals surface area contributed by atoms with E-state index in [0.717, 1.165) is 13.0 Å². The largest absolute Gasteiger partial charge is 0.485 e. The van der Waals surface area contributed by atoms with Crippen LogP contribution in [0.25, 0.3) is 0 Å². The van der Waals surface area contributed by atoms with Crippen molar-refractivity contribution in [3.05, 3.63) is 29.3 Å². The third kappa shape index (κ3) is 5.84. The zero-order valence-electron chi connectivity index (χ0n) is 12.3. The number of rotatable bonds is 9. The quantitative estimate of drug-likeness (QED) is 0.707. The molecule has 0 aromatic heterocycles. The summed E-state index contributed by atoms with van der Waals surface area (Å²) in [6, 6.07) is 2.59. The van der Waals surface area contributed by atoms with Crippen molar-refractivity contribution in [3.8, 4) is 5.75 Å². The molecule has 0 saturated heterocycles. The lowest BCUT2D eigenvalue weighted by molar-refractivity contribution is 0.0535. The van der Waals surface area contributed by atoms with E-state index in [1.54, 1.807) is 0 Å². The van der Waals surface area contributed by atoms with Gasteiger partial charge < -0.3 is 14.8 Å². The molecule has 114 valence electrons. The molecule has 1 aromatic rings. The fourth-order valence-corrected chi connectivity index (χ4v) is 1.69. The highest BCUT2D eigenvalue weighted by Crippen LogP contribution is 2.23. The van der Waals surface area contributed by atoms with Crippen molar-refractivity contribution in [3.63, 3.8) is 0 Å². The van der Waals surface area contributed by atoms with Crippen molar-refractivity contribution < 1.29 is 18.3 Å². The van der Waals surface area contributed by atoms with E-state index in [4.69, 9.17) is 9.47 Å². The molecule has 0 aliphatic carbocycles. The Kier molecular flexibility index (Phi) is 7.47. The summed E-state index contributed by atoms with van der Waals surface area (Å²) in [5, 5.41) is 3.10. The molecule has 0 aliphatic heterocycles. The molecule has 0 saturated carbocycles. The van der Waals surface area contributed by atoms with Gasteiger partial charge in [-0.2, -0.15) is 0 Å². The molecule has 5 heteroatoms. The number of ether oxygens (including phenoxy) is 2. The number of hydrogen-bond acceptors (Lipinski definition) is 3. The molecule has 0 heterocycles. The third-order valence-corrected chi connectivity index (χ3v) is 2.59. The van der Waals surface area contributed by atoms with Crippen LogP contribution in [0, 0.1) is 11.6 Å². The van der Waals surface area contributed by atoms with Gasteiger partial charge in [0.1, 0.15) is 6.61 Å². The van der Waals surface area contributed by atoms with Gasteiger partial charge in [-0.3, -0.25) is 0 Å². The summed E-state index contributed by atoms with van der Waals surface area (Å²) in [7, 11) is 0. The fourth-order valence-electron chi connectivity index (χ4n) is 1.69. The van der Waals surface area contributed by atoms with E-state index in [9.17, 15) is 8.78 Å². The van der Waals surface area contributed by atoms with E-state index in [-0.39, 0.29) is 18.5 Å². The minimum absolute atomic E-state index is 0.0697. The Hall–Kier alpha value is -1.20. The Balaban J connectivity index is 2.55. The second-order valence-corrected chi connectivity index (χ2v) is 4.83. The summed E-state index contributed by atoms with van der Waals surface area (Å²) in [5.41, 5.74) is 0.569. The molecule has 0 amide bonds. The molecular formula is C15H23F2NO2. The van der Waals surface area contributed by atoms with Gasteiger partial charge in [0.25, 0.3) is 0 Å². The van der Waals surface area contributed by atoms with Gasteiger partial charge in [0.15, 0.2) is 17.4 Å². The summed E-state index contributed by atoms with van der Waals surface area (Å²) in [6.07, 6.45) is 1.04.